The second-order valence-corrected chi connectivity index (χ2v) is 5.60. The van der Waals surface area contributed by atoms with Crippen molar-refractivity contribution < 1.29 is 9.84 Å². The Kier molecular flexibility index (Phi) is 5.08. The van der Waals surface area contributed by atoms with Crippen LogP contribution in [-0.4, -0.2) is 29.7 Å². The van der Waals surface area contributed by atoms with Gasteiger partial charge in [0, 0.05) is 18.2 Å². The predicted molar refractivity (Wildman–Crippen MR) is 77.6 cm³/mol. The molecule has 0 amide bonds. The van der Waals surface area contributed by atoms with Gasteiger partial charge >= 0.3 is 0 Å². The van der Waals surface area contributed by atoms with Crippen molar-refractivity contribution in [2.45, 2.75) is 39.7 Å². The van der Waals surface area contributed by atoms with Gasteiger partial charge in [0.2, 0.25) is 0 Å². The number of nitrogens with zero attached hydrogens (tertiary/aromatic N) is 1. The van der Waals surface area contributed by atoms with Crippen molar-refractivity contribution in [3.05, 3.63) is 23.8 Å². The van der Waals surface area contributed by atoms with Crippen molar-refractivity contribution in [1.29, 1.82) is 0 Å². The second-order valence-electron chi connectivity index (χ2n) is 5.60. The molecule has 0 aliphatic carbocycles. The number of piperidine rings is 1. The standard InChI is InChI=1S/C16H25NO2/c1-3-10-19-15-5-4-14(16(18)11-15)12-17-8-6-13(2)7-9-17/h4-5,11,13,18H,3,6-10,12H2,1-2H3. The zero-order valence-corrected chi connectivity index (χ0v) is 12.1. The third-order valence-electron chi connectivity index (χ3n) is 3.80. The molecule has 106 valence electrons. The Labute approximate surface area is 116 Å². The SMILES string of the molecule is CCCOc1ccc(CN2CCC(C)CC2)c(O)c1. The van der Waals surface area contributed by atoms with Crippen LogP contribution in [0, 0.1) is 5.92 Å². The van der Waals surface area contributed by atoms with Crippen molar-refractivity contribution >= 4 is 0 Å². The van der Waals surface area contributed by atoms with Crippen LogP contribution in [0.5, 0.6) is 11.5 Å². The van der Waals surface area contributed by atoms with Crippen LogP contribution in [0.2, 0.25) is 0 Å². The molecule has 1 aliphatic heterocycles. The van der Waals surface area contributed by atoms with Gasteiger partial charge in [-0.25, -0.2) is 0 Å². The van der Waals surface area contributed by atoms with Crippen LogP contribution in [-0.2, 0) is 6.54 Å². The van der Waals surface area contributed by atoms with Gasteiger partial charge in [0.05, 0.1) is 6.61 Å². The number of aromatic hydroxyl groups is 1. The molecular weight excluding hydrogens is 238 g/mol. The fourth-order valence-corrected chi connectivity index (χ4v) is 2.45. The summed E-state index contributed by atoms with van der Waals surface area (Å²) < 4.78 is 5.52. The van der Waals surface area contributed by atoms with Gasteiger partial charge in [0.25, 0.3) is 0 Å². The van der Waals surface area contributed by atoms with Crippen LogP contribution >= 0.6 is 0 Å². The summed E-state index contributed by atoms with van der Waals surface area (Å²) >= 11 is 0. The first-order valence-electron chi connectivity index (χ1n) is 7.36. The number of rotatable bonds is 5. The normalized spacial score (nSPS) is 17.6. The fourth-order valence-electron chi connectivity index (χ4n) is 2.45. The van der Waals surface area contributed by atoms with Gasteiger partial charge in [0.15, 0.2) is 0 Å². The van der Waals surface area contributed by atoms with Gasteiger partial charge in [-0.1, -0.05) is 19.9 Å². The first-order chi connectivity index (χ1) is 9.19. The van der Waals surface area contributed by atoms with Gasteiger partial charge in [-0.2, -0.15) is 0 Å². The predicted octanol–water partition coefficient (Wildman–Crippen LogP) is 3.41. The van der Waals surface area contributed by atoms with Crippen LogP contribution < -0.4 is 4.74 Å². The lowest BCUT2D eigenvalue weighted by Gasteiger charge is -2.30. The van der Waals surface area contributed by atoms with Crippen LogP contribution in [0.3, 0.4) is 0 Å². The van der Waals surface area contributed by atoms with E-state index < -0.39 is 0 Å². The molecule has 1 N–H and O–H groups in total. The Balaban J connectivity index is 1.93. The van der Waals surface area contributed by atoms with Crippen molar-refractivity contribution in [1.82, 2.24) is 4.90 Å². The van der Waals surface area contributed by atoms with E-state index in [9.17, 15) is 5.11 Å². The number of phenols is 1. The molecule has 3 heteroatoms. The lowest BCUT2D eigenvalue weighted by molar-refractivity contribution is 0.183. The summed E-state index contributed by atoms with van der Waals surface area (Å²) in [7, 11) is 0. The topological polar surface area (TPSA) is 32.7 Å². The van der Waals surface area contributed by atoms with Gasteiger partial charge in [-0.05, 0) is 44.3 Å². The molecule has 1 aliphatic rings. The molecule has 0 saturated carbocycles. The Morgan fingerprint density at radius 1 is 1.32 bits per heavy atom. The molecular formula is C16H25NO2. The minimum absolute atomic E-state index is 0.354. The molecule has 19 heavy (non-hydrogen) atoms. The van der Waals surface area contributed by atoms with Gasteiger partial charge < -0.3 is 9.84 Å². The first kappa shape index (κ1) is 14.2. The Morgan fingerprint density at radius 2 is 2.05 bits per heavy atom. The van der Waals surface area contributed by atoms with E-state index in [4.69, 9.17) is 4.74 Å². The van der Waals surface area contributed by atoms with E-state index in [0.717, 1.165) is 43.3 Å². The minimum atomic E-state index is 0.354. The lowest BCUT2D eigenvalue weighted by Crippen LogP contribution is -2.32. The number of likely N-dealkylation sites (tertiary alicyclic amines) is 1. The largest absolute Gasteiger partial charge is 0.507 e. The van der Waals surface area contributed by atoms with E-state index in [-0.39, 0.29) is 0 Å². The highest BCUT2D eigenvalue weighted by Gasteiger charge is 2.16. The molecule has 1 heterocycles. The first-order valence-corrected chi connectivity index (χ1v) is 7.36. The monoisotopic (exact) mass is 263 g/mol. The second kappa shape index (κ2) is 6.80. The Bertz CT molecular complexity index is 398. The molecule has 3 nitrogen and oxygen atoms in total. The summed E-state index contributed by atoms with van der Waals surface area (Å²) in [5.74, 6) is 1.96. The maximum absolute atomic E-state index is 10.1. The van der Waals surface area contributed by atoms with Crippen LogP contribution in [0.1, 0.15) is 38.7 Å². The average Bonchev–Trinajstić information content (AvgIpc) is 2.41. The molecule has 2 rings (SSSR count). The third kappa shape index (κ3) is 4.13. The highest BCUT2D eigenvalue weighted by atomic mass is 16.5. The number of benzene rings is 1. The van der Waals surface area contributed by atoms with Gasteiger partial charge in [-0.3, -0.25) is 4.90 Å². The molecule has 0 radical (unpaired) electrons. The van der Waals surface area contributed by atoms with Crippen molar-refractivity contribution in [3.8, 4) is 11.5 Å². The Hall–Kier alpha value is -1.22. The highest BCUT2D eigenvalue weighted by Crippen LogP contribution is 2.26. The Morgan fingerprint density at radius 3 is 2.68 bits per heavy atom. The zero-order chi connectivity index (χ0) is 13.7. The van der Waals surface area contributed by atoms with E-state index in [1.54, 1.807) is 6.07 Å². The van der Waals surface area contributed by atoms with Crippen molar-refractivity contribution in [3.63, 3.8) is 0 Å². The number of ether oxygens (including phenoxy) is 1. The summed E-state index contributed by atoms with van der Waals surface area (Å²) in [6.07, 6.45) is 3.51. The maximum Gasteiger partial charge on any atom is 0.123 e. The molecule has 1 fully saturated rings. The summed E-state index contributed by atoms with van der Waals surface area (Å²) in [6, 6.07) is 5.67. The zero-order valence-electron chi connectivity index (χ0n) is 12.1. The maximum atomic E-state index is 10.1. The average molecular weight is 263 g/mol. The molecule has 0 bridgehead atoms. The number of hydrogen-bond donors (Lipinski definition) is 1. The summed E-state index contributed by atoms with van der Waals surface area (Å²) in [6.45, 7) is 8.19. The lowest BCUT2D eigenvalue weighted by atomic mass is 9.99. The molecule has 1 saturated heterocycles. The fraction of sp³-hybridized carbons (Fsp3) is 0.625. The third-order valence-corrected chi connectivity index (χ3v) is 3.80. The van der Waals surface area contributed by atoms with E-state index in [0.29, 0.717) is 12.4 Å². The number of hydrogen-bond acceptors (Lipinski definition) is 3. The van der Waals surface area contributed by atoms with Crippen molar-refractivity contribution in [2.75, 3.05) is 19.7 Å². The molecule has 0 unspecified atom stereocenters. The van der Waals surface area contributed by atoms with E-state index in [1.807, 2.05) is 12.1 Å². The van der Waals surface area contributed by atoms with Crippen LogP contribution in [0.4, 0.5) is 0 Å². The molecule has 0 spiro atoms. The van der Waals surface area contributed by atoms with Crippen LogP contribution in [0.25, 0.3) is 0 Å². The van der Waals surface area contributed by atoms with Crippen LogP contribution in [0.15, 0.2) is 18.2 Å². The minimum Gasteiger partial charge on any atom is -0.507 e. The molecule has 0 aromatic heterocycles. The van der Waals surface area contributed by atoms with Crippen molar-refractivity contribution in [2.24, 2.45) is 5.92 Å². The van der Waals surface area contributed by atoms with E-state index >= 15 is 0 Å². The quantitative estimate of drug-likeness (QED) is 0.883. The highest BCUT2D eigenvalue weighted by molar-refractivity contribution is 5.39. The molecule has 0 atom stereocenters. The van der Waals surface area contributed by atoms with Gasteiger partial charge in [0.1, 0.15) is 11.5 Å². The molecule has 1 aromatic carbocycles. The molecule has 1 aromatic rings. The van der Waals surface area contributed by atoms with Gasteiger partial charge in [-0.15, -0.1) is 0 Å². The van der Waals surface area contributed by atoms with E-state index in [2.05, 4.69) is 18.7 Å². The van der Waals surface area contributed by atoms with E-state index in [1.165, 1.54) is 12.8 Å². The number of phenolic OH excluding ortho intramolecular Hbond substituents is 1. The summed E-state index contributed by atoms with van der Waals surface area (Å²) in [5, 5.41) is 10.1. The summed E-state index contributed by atoms with van der Waals surface area (Å²) in [5.41, 5.74) is 0.999. The smallest absolute Gasteiger partial charge is 0.123 e. The summed E-state index contributed by atoms with van der Waals surface area (Å²) in [4.78, 5) is 2.42.